The molecule has 1 N–H and O–H groups in total. The molecule has 2 unspecified atom stereocenters. The highest BCUT2D eigenvalue weighted by molar-refractivity contribution is 5.31. The summed E-state index contributed by atoms with van der Waals surface area (Å²) >= 11 is 0. The summed E-state index contributed by atoms with van der Waals surface area (Å²) in [4.78, 5) is 0. The van der Waals surface area contributed by atoms with Crippen LogP contribution in [-0.2, 0) is 0 Å². The van der Waals surface area contributed by atoms with Crippen LogP contribution in [0.15, 0.2) is 24.3 Å². The van der Waals surface area contributed by atoms with Crippen molar-refractivity contribution in [3.63, 3.8) is 0 Å². The molecule has 0 aliphatic heterocycles. The number of rotatable bonds is 4. The van der Waals surface area contributed by atoms with Gasteiger partial charge in [-0.25, -0.2) is 0 Å². The highest BCUT2D eigenvalue weighted by Crippen LogP contribution is 2.52. The molecule has 1 fully saturated rings. The molecule has 100 valence electrons. The summed E-state index contributed by atoms with van der Waals surface area (Å²) in [6.07, 6.45) is 1.28. The van der Waals surface area contributed by atoms with Crippen molar-refractivity contribution in [2.24, 2.45) is 5.41 Å². The van der Waals surface area contributed by atoms with Crippen molar-refractivity contribution in [1.82, 2.24) is 5.32 Å². The molecule has 0 spiro atoms. The van der Waals surface area contributed by atoms with Crippen LogP contribution in [0.2, 0.25) is 0 Å². The van der Waals surface area contributed by atoms with E-state index in [9.17, 15) is 0 Å². The molecule has 1 aromatic carbocycles. The van der Waals surface area contributed by atoms with Gasteiger partial charge in [0.2, 0.25) is 0 Å². The summed E-state index contributed by atoms with van der Waals surface area (Å²) < 4.78 is 0. The van der Waals surface area contributed by atoms with E-state index in [0.29, 0.717) is 23.3 Å². The van der Waals surface area contributed by atoms with E-state index in [2.05, 4.69) is 64.2 Å². The largest absolute Gasteiger partial charge is 0.314 e. The highest BCUT2D eigenvalue weighted by atomic mass is 15.0. The van der Waals surface area contributed by atoms with E-state index in [4.69, 9.17) is 0 Å². The molecule has 1 aromatic rings. The lowest BCUT2D eigenvalue weighted by molar-refractivity contribution is 0.0706. The average Bonchev–Trinajstić information content (AvgIpc) is 2.34. The molecule has 1 heteroatoms. The van der Waals surface area contributed by atoms with Crippen molar-refractivity contribution in [3.8, 4) is 0 Å². The minimum Gasteiger partial charge on any atom is -0.314 e. The molecular weight excluding hydrogens is 218 g/mol. The summed E-state index contributed by atoms with van der Waals surface area (Å²) in [7, 11) is 0. The molecule has 1 nitrogen and oxygen atoms in total. The normalized spacial score (nSPS) is 26.1. The van der Waals surface area contributed by atoms with Crippen LogP contribution in [0.5, 0.6) is 0 Å². The van der Waals surface area contributed by atoms with Gasteiger partial charge in [-0.2, -0.15) is 0 Å². The van der Waals surface area contributed by atoms with Crippen LogP contribution in [0.25, 0.3) is 0 Å². The Balaban J connectivity index is 2.10. The van der Waals surface area contributed by atoms with Crippen molar-refractivity contribution in [3.05, 3.63) is 35.4 Å². The van der Waals surface area contributed by atoms with Crippen LogP contribution in [0.4, 0.5) is 0 Å². The van der Waals surface area contributed by atoms with Gasteiger partial charge in [0.1, 0.15) is 0 Å². The summed E-state index contributed by atoms with van der Waals surface area (Å²) in [6.45, 7) is 12.6. The molecule has 18 heavy (non-hydrogen) atoms. The minimum absolute atomic E-state index is 0.384. The number of nitrogens with one attached hydrogen (secondary N) is 1. The first kappa shape index (κ1) is 13.6. The van der Waals surface area contributed by atoms with Gasteiger partial charge >= 0.3 is 0 Å². The second-order valence-electron chi connectivity index (χ2n) is 6.54. The maximum atomic E-state index is 3.60. The smallest absolute Gasteiger partial charge is 0.0130 e. The van der Waals surface area contributed by atoms with Crippen molar-refractivity contribution in [2.75, 3.05) is 6.54 Å². The molecular formula is C17H27N. The quantitative estimate of drug-likeness (QED) is 0.834. The Kier molecular flexibility index (Phi) is 3.82. The summed E-state index contributed by atoms with van der Waals surface area (Å²) in [6, 6.07) is 9.96. The van der Waals surface area contributed by atoms with Crippen LogP contribution in [0.3, 0.4) is 0 Å². The second-order valence-corrected chi connectivity index (χ2v) is 6.54. The second kappa shape index (κ2) is 5.05. The zero-order chi connectivity index (χ0) is 13.3. The third-order valence-corrected chi connectivity index (χ3v) is 4.72. The average molecular weight is 245 g/mol. The Morgan fingerprint density at radius 3 is 2.28 bits per heavy atom. The van der Waals surface area contributed by atoms with E-state index in [-0.39, 0.29) is 0 Å². The van der Waals surface area contributed by atoms with Crippen LogP contribution in [0, 0.1) is 5.41 Å². The zero-order valence-corrected chi connectivity index (χ0v) is 12.5. The van der Waals surface area contributed by atoms with Crippen molar-refractivity contribution < 1.29 is 0 Å². The Morgan fingerprint density at radius 2 is 1.83 bits per heavy atom. The summed E-state index contributed by atoms with van der Waals surface area (Å²) in [5, 5.41) is 3.60. The monoisotopic (exact) mass is 245 g/mol. The van der Waals surface area contributed by atoms with Gasteiger partial charge in [0.15, 0.2) is 0 Å². The fourth-order valence-electron chi connectivity index (χ4n) is 3.20. The van der Waals surface area contributed by atoms with Crippen molar-refractivity contribution in [1.29, 1.82) is 0 Å². The Hall–Kier alpha value is -0.820. The highest BCUT2D eigenvalue weighted by Gasteiger charge is 2.47. The first-order valence-electron chi connectivity index (χ1n) is 7.30. The Bertz CT molecular complexity index is 389. The van der Waals surface area contributed by atoms with E-state index in [1.54, 1.807) is 0 Å². The summed E-state index contributed by atoms with van der Waals surface area (Å²) in [5.41, 5.74) is 3.34. The summed E-state index contributed by atoms with van der Waals surface area (Å²) in [5.74, 6) is 1.34. The maximum Gasteiger partial charge on any atom is 0.0130 e. The first-order valence-corrected chi connectivity index (χ1v) is 7.30. The van der Waals surface area contributed by atoms with Crippen molar-refractivity contribution >= 4 is 0 Å². The lowest BCUT2D eigenvalue weighted by Crippen LogP contribution is -2.55. The molecule has 1 saturated carbocycles. The fourth-order valence-corrected chi connectivity index (χ4v) is 3.20. The molecule has 0 saturated heterocycles. The first-order chi connectivity index (χ1) is 8.46. The molecule has 1 aliphatic carbocycles. The molecule has 2 atom stereocenters. The standard InChI is InChI=1S/C17H27N/c1-6-18-16-11-15(17(16,4)5)14-9-7-13(8-10-14)12(2)3/h7-10,12,15-16,18H,6,11H2,1-5H3. The number of hydrogen-bond donors (Lipinski definition) is 1. The van der Waals surface area contributed by atoms with Crippen molar-refractivity contribution in [2.45, 2.75) is 58.9 Å². The van der Waals surface area contributed by atoms with Gasteiger partial charge in [0, 0.05) is 6.04 Å². The van der Waals surface area contributed by atoms with E-state index < -0.39 is 0 Å². The number of benzene rings is 1. The third-order valence-electron chi connectivity index (χ3n) is 4.72. The maximum absolute atomic E-state index is 3.60. The van der Waals surface area contributed by atoms with E-state index >= 15 is 0 Å². The number of hydrogen-bond acceptors (Lipinski definition) is 1. The van der Waals surface area contributed by atoms with Gasteiger partial charge in [-0.05, 0) is 41.3 Å². The minimum atomic E-state index is 0.384. The van der Waals surface area contributed by atoms with Crippen LogP contribution >= 0.6 is 0 Å². The lowest BCUT2D eigenvalue weighted by Gasteiger charge is -2.53. The molecule has 1 aliphatic rings. The van der Waals surface area contributed by atoms with Gasteiger partial charge in [-0.3, -0.25) is 0 Å². The SMILES string of the molecule is CCNC1CC(c2ccc(C(C)C)cc2)C1(C)C. The molecule has 0 radical (unpaired) electrons. The molecule has 2 rings (SSSR count). The van der Waals surface area contributed by atoms with Gasteiger partial charge in [0.25, 0.3) is 0 Å². The van der Waals surface area contributed by atoms with Gasteiger partial charge < -0.3 is 5.32 Å². The van der Waals surface area contributed by atoms with Gasteiger partial charge in [-0.15, -0.1) is 0 Å². The van der Waals surface area contributed by atoms with E-state index in [1.807, 2.05) is 0 Å². The molecule has 0 bridgehead atoms. The fraction of sp³-hybridized carbons (Fsp3) is 0.647. The van der Waals surface area contributed by atoms with Crippen LogP contribution < -0.4 is 5.32 Å². The van der Waals surface area contributed by atoms with E-state index in [1.165, 1.54) is 17.5 Å². The Labute approximate surface area is 112 Å². The van der Waals surface area contributed by atoms with Gasteiger partial charge in [0.05, 0.1) is 0 Å². The predicted molar refractivity (Wildman–Crippen MR) is 79.1 cm³/mol. The van der Waals surface area contributed by atoms with Gasteiger partial charge in [-0.1, -0.05) is 58.9 Å². The molecule has 0 aromatic heterocycles. The van der Waals surface area contributed by atoms with Crippen LogP contribution in [-0.4, -0.2) is 12.6 Å². The zero-order valence-electron chi connectivity index (χ0n) is 12.5. The van der Waals surface area contributed by atoms with Crippen LogP contribution in [0.1, 0.15) is 64.0 Å². The lowest BCUT2D eigenvalue weighted by atomic mass is 9.56. The molecule has 0 heterocycles. The Morgan fingerprint density at radius 1 is 1.22 bits per heavy atom. The van der Waals surface area contributed by atoms with E-state index in [0.717, 1.165) is 6.54 Å². The topological polar surface area (TPSA) is 12.0 Å². The third kappa shape index (κ3) is 2.33. The molecule has 0 amide bonds. The predicted octanol–water partition coefficient (Wildman–Crippen LogP) is 4.30.